The van der Waals surface area contributed by atoms with E-state index in [1.807, 2.05) is 31.2 Å². The summed E-state index contributed by atoms with van der Waals surface area (Å²) in [6, 6.07) is 16.8. The Bertz CT molecular complexity index is 1130. The fourth-order valence-corrected chi connectivity index (χ4v) is 4.53. The number of nitrogens with zero attached hydrogens (tertiary/aromatic N) is 1. The molecule has 1 heterocycles. The van der Waals surface area contributed by atoms with Gasteiger partial charge in [0.15, 0.2) is 0 Å². The van der Waals surface area contributed by atoms with Crippen molar-refractivity contribution in [2.45, 2.75) is 38.0 Å². The summed E-state index contributed by atoms with van der Waals surface area (Å²) < 4.78 is 1.04. The van der Waals surface area contributed by atoms with Crippen molar-refractivity contribution in [2.75, 3.05) is 0 Å². The number of nitrogens with one attached hydrogen (secondary N) is 1. The van der Waals surface area contributed by atoms with Crippen LogP contribution in [0, 0.1) is 18.3 Å². The Balaban J connectivity index is 1.86. The average Bonchev–Trinajstić information content (AvgIpc) is 3.05. The minimum Gasteiger partial charge on any atom is -0.322 e. The fraction of sp³-hybridized carbons (Fsp3) is 0.273. The molecule has 4 rings (SSSR count). The van der Waals surface area contributed by atoms with Crippen LogP contribution < -0.4 is 5.56 Å². The molecule has 0 spiro atoms. The second kappa shape index (κ2) is 6.10. The molecule has 1 aromatic heterocycles. The predicted octanol–water partition coefficient (Wildman–Crippen LogP) is 5.11. The Morgan fingerprint density at radius 2 is 2.04 bits per heavy atom. The number of hydrogen-bond acceptors (Lipinski definition) is 2. The van der Waals surface area contributed by atoms with Gasteiger partial charge in [-0.3, -0.25) is 4.79 Å². The first-order valence-electron chi connectivity index (χ1n) is 8.76. The molecule has 3 nitrogen and oxygen atoms in total. The number of hydrogen-bond donors (Lipinski definition) is 1. The highest BCUT2D eigenvalue weighted by molar-refractivity contribution is 9.10. The van der Waals surface area contributed by atoms with Crippen molar-refractivity contribution >= 4 is 26.8 Å². The molecule has 0 bridgehead atoms. The minimum absolute atomic E-state index is 0.0801. The first-order chi connectivity index (χ1) is 12.4. The van der Waals surface area contributed by atoms with E-state index in [2.05, 4.69) is 45.2 Å². The van der Waals surface area contributed by atoms with Crippen LogP contribution in [0.2, 0.25) is 0 Å². The monoisotopic (exact) mass is 406 g/mol. The molecule has 0 fully saturated rings. The van der Waals surface area contributed by atoms with E-state index in [4.69, 9.17) is 0 Å². The quantitative estimate of drug-likeness (QED) is 0.642. The number of nitriles is 1. The topological polar surface area (TPSA) is 56.6 Å². The van der Waals surface area contributed by atoms with Crippen molar-refractivity contribution in [1.29, 1.82) is 5.26 Å². The van der Waals surface area contributed by atoms with Gasteiger partial charge in [-0.2, -0.15) is 5.26 Å². The van der Waals surface area contributed by atoms with Crippen molar-refractivity contribution in [3.8, 4) is 6.07 Å². The zero-order valence-corrected chi connectivity index (χ0v) is 16.4. The van der Waals surface area contributed by atoms with Gasteiger partial charge in [-0.1, -0.05) is 34.1 Å². The first-order valence-corrected chi connectivity index (χ1v) is 9.55. The molecule has 26 heavy (non-hydrogen) atoms. The SMILES string of the molecule is Cc1cc2ccc([C@@](C)(C#N)[C@@H]3CCc4ccc(Br)cc43)cc2[nH]c1=O. The van der Waals surface area contributed by atoms with Crippen LogP contribution in [0.5, 0.6) is 0 Å². The third-order valence-electron chi connectivity index (χ3n) is 5.75. The molecule has 130 valence electrons. The smallest absolute Gasteiger partial charge is 0.251 e. The van der Waals surface area contributed by atoms with Crippen molar-refractivity contribution in [2.24, 2.45) is 0 Å². The molecule has 3 aromatic rings. The molecule has 4 heteroatoms. The highest BCUT2D eigenvalue weighted by atomic mass is 79.9. The number of pyridine rings is 1. The molecule has 1 aliphatic carbocycles. The summed E-state index contributed by atoms with van der Waals surface area (Å²) >= 11 is 3.56. The van der Waals surface area contributed by atoms with Crippen LogP contribution in [-0.4, -0.2) is 4.98 Å². The molecule has 0 saturated carbocycles. The van der Waals surface area contributed by atoms with Crippen molar-refractivity contribution in [3.63, 3.8) is 0 Å². The van der Waals surface area contributed by atoms with Crippen molar-refractivity contribution < 1.29 is 0 Å². The van der Waals surface area contributed by atoms with E-state index in [9.17, 15) is 10.1 Å². The van der Waals surface area contributed by atoms with Gasteiger partial charge >= 0.3 is 0 Å². The molecule has 0 aliphatic heterocycles. The second-order valence-electron chi connectivity index (χ2n) is 7.33. The Labute approximate surface area is 160 Å². The maximum atomic E-state index is 12.0. The molecule has 1 N–H and O–H groups in total. The summed E-state index contributed by atoms with van der Waals surface area (Å²) in [7, 11) is 0. The Morgan fingerprint density at radius 1 is 1.23 bits per heavy atom. The zero-order chi connectivity index (χ0) is 18.5. The number of H-pyrrole nitrogens is 1. The number of rotatable bonds is 2. The molecule has 2 atom stereocenters. The van der Waals surface area contributed by atoms with Gasteiger partial charge in [-0.25, -0.2) is 0 Å². The molecule has 0 radical (unpaired) electrons. The number of fused-ring (bicyclic) bond motifs is 2. The molecule has 0 saturated heterocycles. The summed E-state index contributed by atoms with van der Waals surface area (Å²) in [4.78, 5) is 14.9. The van der Waals surface area contributed by atoms with Gasteiger partial charge < -0.3 is 4.98 Å². The van der Waals surface area contributed by atoms with E-state index >= 15 is 0 Å². The minimum atomic E-state index is -0.651. The van der Waals surface area contributed by atoms with Crippen molar-refractivity contribution in [1.82, 2.24) is 4.98 Å². The third kappa shape index (κ3) is 2.59. The standard InChI is InChI=1S/C22H19BrN2O/c1-13-9-15-3-6-16(10-20(15)25-21(13)26)22(2,12-24)19-8-5-14-4-7-17(23)11-18(14)19/h3-4,6-7,9-11,19H,5,8H2,1-2H3,(H,25,26)/t19-,22-/m1/s1. The van der Waals surface area contributed by atoms with E-state index in [1.165, 1.54) is 11.1 Å². The molecule has 0 unspecified atom stereocenters. The van der Waals surface area contributed by atoms with E-state index in [0.717, 1.165) is 33.8 Å². The highest BCUT2D eigenvalue weighted by Crippen LogP contribution is 2.47. The average molecular weight is 407 g/mol. The van der Waals surface area contributed by atoms with Gasteiger partial charge in [0, 0.05) is 21.5 Å². The lowest BCUT2D eigenvalue weighted by Crippen LogP contribution is -2.27. The lowest BCUT2D eigenvalue weighted by molar-refractivity contribution is 0.469. The number of aromatic nitrogens is 1. The fourth-order valence-electron chi connectivity index (χ4n) is 4.15. The second-order valence-corrected chi connectivity index (χ2v) is 8.25. The summed E-state index contributed by atoms with van der Waals surface area (Å²) in [5, 5.41) is 11.1. The van der Waals surface area contributed by atoms with Gasteiger partial charge in [-0.15, -0.1) is 0 Å². The summed E-state index contributed by atoms with van der Waals surface area (Å²) in [6.45, 7) is 3.82. The van der Waals surface area contributed by atoms with Crippen LogP contribution >= 0.6 is 15.9 Å². The Hall–Kier alpha value is -2.38. The third-order valence-corrected chi connectivity index (χ3v) is 6.24. The number of halogens is 1. The van der Waals surface area contributed by atoms with Crippen LogP contribution in [0.25, 0.3) is 10.9 Å². The van der Waals surface area contributed by atoms with Gasteiger partial charge in [0.1, 0.15) is 0 Å². The lowest BCUT2D eigenvalue weighted by Gasteiger charge is -2.30. The molecular formula is C22H19BrN2O. The van der Waals surface area contributed by atoms with Crippen LogP contribution in [-0.2, 0) is 11.8 Å². The van der Waals surface area contributed by atoms with Gasteiger partial charge in [-0.05, 0) is 73.0 Å². The maximum Gasteiger partial charge on any atom is 0.251 e. The molecule has 2 aromatic carbocycles. The first kappa shape index (κ1) is 17.1. The number of aromatic amines is 1. The largest absolute Gasteiger partial charge is 0.322 e. The summed E-state index contributed by atoms with van der Waals surface area (Å²) in [5.41, 5.74) is 4.27. The van der Waals surface area contributed by atoms with E-state index in [1.54, 1.807) is 6.92 Å². The van der Waals surface area contributed by atoms with Crippen molar-refractivity contribution in [3.05, 3.63) is 79.5 Å². The van der Waals surface area contributed by atoms with Gasteiger partial charge in [0.2, 0.25) is 0 Å². The normalized spacial score (nSPS) is 18.3. The maximum absolute atomic E-state index is 12.0. The molecule has 0 amide bonds. The Morgan fingerprint density at radius 3 is 2.81 bits per heavy atom. The van der Waals surface area contributed by atoms with E-state index < -0.39 is 5.41 Å². The van der Waals surface area contributed by atoms with E-state index in [-0.39, 0.29) is 11.5 Å². The summed E-state index contributed by atoms with van der Waals surface area (Å²) in [5.74, 6) is 0.134. The van der Waals surface area contributed by atoms with Crippen LogP contribution in [0.1, 0.15) is 41.5 Å². The zero-order valence-electron chi connectivity index (χ0n) is 14.8. The van der Waals surface area contributed by atoms with Crippen LogP contribution in [0.4, 0.5) is 0 Å². The number of aryl methyl sites for hydroxylation is 2. The van der Waals surface area contributed by atoms with Crippen LogP contribution in [0.15, 0.2) is 51.7 Å². The molecule has 1 aliphatic rings. The predicted molar refractivity (Wildman–Crippen MR) is 107 cm³/mol. The molecular weight excluding hydrogens is 388 g/mol. The van der Waals surface area contributed by atoms with E-state index in [0.29, 0.717) is 5.56 Å². The van der Waals surface area contributed by atoms with Gasteiger partial charge in [0.05, 0.1) is 11.5 Å². The lowest BCUT2D eigenvalue weighted by atomic mass is 9.70. The summed E-state index contributed by atoms with van der Waals surface area (Å²) in [6.07, 6.45) is 1.95. The number of benzene rings is 2. The van der Waals surface area contributed by atoms with Gasteiger partial charge in [0.25, 0.3) is 5.56 Å². The highest BCUT2D eigenvalue weighted by Gasteiger charge is 2.41. The Kier molecular flexibility index (Phi) is 4.00. The van der Waals surface area contributed by atoms with Crippen LogP contribution in [0.3, 0.4) is 0 Å².